The Balaban J connectivity index is 3.57. The van der Waals surface area contributed by atoms with Gasteiger partial charge in [-0.3, -0.25) is 4.79 Å². The molecule has 2 unspecified atom stereocenters. The maximum absolute atomic E-state index is 11.7. The number of amides is 1. The SMILES string of the molecule is COCCNC(=O)C(C)NCC(O)COCCCC(C)C. The standard InChI is InChI=1S/C15H32N2O4/c1-12(2)6-5-8-21-11-14(18)10-17-13(3)15(19)16-7-9-20-4/h12-14,17-18H,5-11H2,1-4H3,(H,16,19). The molecule has 1 amide bonds. The first-order valence-electron chi connectivity index (χ1n) is 7.73. The first-order chi connectivity index (χ1) is 9.97. The zero-order valence-corrected chi connectivity index (χ0v) is 13.9. The molecule has 0 saturated heterocycles. The lowest BCUT2D eigenvalue weighted by atomic mass is 10.1. The zero-order chi connectivity index (χ0) is 16.1. The van der Waals surface area contributed by atoms with E-state index in [-0.39, 0.29) is 11.9 Å². The van der Waals surface area contributed by atoms with E-state index in [0.29, 0.717) is 38.8 Å². The number of methoxy groups -OCH3 is 1. The summed E-state index contributed by atoms with van der Waals surface area (Å²) in [6.07, 6.45) is 1.54. The minimum atomic E-state index is -0.599. The fraction of sp³-hybridized carbons (Fsp3) is 0.933. The van der Waals surface area contributed by atoms with Crippen LogP contribution in [0.4, 0.5) is 0 Å². The highest BCUT2D eigenvalue weighted by Gasteiger charge is 2.13. The van der Waals surface area contributed by atoms with Gasteiger partial charge in [-0.25, -0.2) is 0 Å². The van der Waals surface area contributed by atoms with Crippen molar-refractivity contribution in [2.75, 3.05) is 40.0 Å². The van der Waals surface area contributed by atoms with Crippen molar-refractivity contribution in [3.8, 4) is 0 Å². The highest BCUT2D eigenvalue weighted by molar-refractivity contribution is 5.81. The Morgan fingerprint density at radius 2 is 1.95 bits per heavy atom. The molecule has 6 nitrogen and oxygen atoms in total. The van der Waals surface area contributed by atoms with Crippen LogP contribution in [0.3, 0.4) is 0 Å². The number of carbonyl (C=O) groups is 1. The van der Waals surface area contributed by atoms with E-state index in [2.05, 4.69) is 24.5 Å². The molecule has 0 bridgehead atoms. The zero-order valence-electron chi connectivity index (χ0n) is 13.9. The molecule has 0 rings (SSSR count). The highest BCUT2D eigenvalue weighted by Crippen LogP contribution is 2.03. The minimum Gasteiger partial charge on any atom is -0.389 e. The molecule has 0 aliphatic rings. The molecule has 0 aromatic carbocycles. The third-order valence-electron chi connectivity index (χ3n) is 3.04. The van der Waals surface area contributed by atoms with E-state index >= 15 is 0 Å². The quantitative estimate of drug-likeness (QED) is 0.433. The van der Waals surface area contributed by atoms with Crippen molar-refractivity contribution in [1.29, 1.82) is 0 Å². The predicted molar refractivity (Wildman–Crippen MR) is 83.2 cm³/mol. The van der Waals surface area contributed by atoms with E-state index in [1.54, 1.807) is 14.0 Å². The molecule has 0 fully saturated rings. The molecule has 21 heavy (non-hydrogen) atoms. The summed E-state index contributed by atoms with van der Waals surface area (Å²) in [5.41, 5.74) is 0. The van der Waals surface area contributed by atoms with E-state index in [1.165, 1.54) is 0 Å². The number of rotatable bonds is 13. The Hall–Kier alpha value is -0.690. The van der Waals surface area contributed by atoms with Crippen molar-refractivity contribution in [2.24, 2.45) is 5.92 Å². The Kier molecular flexibility index (Phi) is 12.6. The fourth-order valence-electron chi connectivity index (χ4n) is 1.71. The molecule has 2 atom stereocenters. The highest BCUT2D eigenvalue weighted by atomic mass is 16.5. The molecular weight excluding hydrogens is 272 g/mol. The van der Waals surface area contributed by atoms with Gasteiger partial charge in [-0.1, -0.05) is 13.8 Å². The molecule has 3 N–H and O–H groups in total. The second-order valence-corrected chi connectivity index (χ2v) is 5.68. The van der Waals surface area contributed by atoms with E-state index in [9.17, 15) is 9.90 Å². The van der Waals surface area contributed by atoms with Crippen molar-refractivity contribution < 1.29 is 19.4 Å². The molecule has 0 aliphatic heterocycles. The number of nitrogens with one attached hydrogen (secondary N) is 2. The normalized spacial score (nSPS) is 14.2. The molecule has 0 heterocycles. The lowest BCUT2D eigenvalue weighted by Crippen LogP contribution is -2.46. The number of aliphatic hydroxyl groups is 1. The van der Waals surface area contributed by atoms with E-state index in [0.717, 1.165) is 12.8 Å². The van der Waals surface area contributed by atoms with Crippen LogP contribution in [0.1, 0.15) is 33.6 Å². The van der Waals surface area contributed by atoms with E-state index in [1.807, 2.05) is 0 Å². The third-order valence-corrected chi connectivity index (χ3v) is 3.04. The van der Waals surface area contributed by atoms with Crippen LogP contribution in [0.15, 0.2) is 0 Å². The van der Waals surface area contributed by atoms with E-state index < -0.39 is 6.10 Å². The van der Waals surface area contributed by atoms with Crippen molar-refractivity contribution in [3.05, 3.63) is 0 Å². The van der Waals surface area contributed by atoms with Crippen LogP contribution in [-0.4, -0.2) is 63.2 Å². The van der Waals surface area contributed by atoms with Gasteiger partial charge in [0.2, 0.25) is 5.91 Å². The van der Waals surface area contributed by atoms with Crippen molar-refractivity contribution >= 4 is 5.91 Å². The topological polar surface area (TPSA) is 79.8 Å². The molecule has 0 saturated carbocycles. The van der Waals surface area contributed by atoms with Gasteiger partial charge in [-0.05, 0) is 25.7 Å². The smallest absolute Gasteiger partial charge is 0.236 e. The summed E-state index contributed by atoms with van der Waals surface area (Å²) in [7, 11) is 1.59. The largest absolute Gasteiger partial charge is 0.389 e. The lowest BCUT2D eigenvalue weighted by Gasteiger charge is -2.17. The van der Waals surface area contributed by atoms with Crippen LogP contribution in [0.2, 0.25) is 0 Å². The predicted octanol–water partition coefficient (Wildman–Crippen LogP) is 0.541. The Morgan fingerprint density at radius 1 is 1.24 bits per heavy atom. The van der Waals surface area contributed by atoms with Crippen LogP contribution in [0, 0.1) is 5.92 Å². The van der Waals surface area contributed by atoms with Gasteiger partial charge in [0.05, 0.1) is 25.4 Å². The number of hydrogen-bond acceptors (Lipinski definition) is 5. The third kappa shape index (κ3) is 12.7. The maximum Gasteiger partial charge on any atom is 0.236 e. The Morgan fingerprint density at radius 3 is 2.57 bits per heavy atom. The summed E-state index contributed by atoms with van der Waals surface area (Å²) >= 11 is 0. The minimum absolute atomic E-state index is 0.0999. The van der Waals surface area contributed by atoms with Crippen LogP contribution in [0.5, 0.6) is 0 Å². The summed E-state index contributed by atoms with van der Waals surface area (Å²) in [5, 5.41) is 15.5. The van der Waals surface area contributed by atoms with Gasteiger partial charge < -0.3 is 25.2 Å². The first kappa shape index (κ1) is 20.3. The Bertz CT molecular complexity index is 262. The molecule has 0 aromatic rings. The number of carbonyl (C=O) groups excluding carboxylic acids is 1. The second-order valence-electron chi connectivity index (χ2n) is 5.68. The first-order valence-corrected chi connectivity index (χ1v) is 7.73. The summed E-state index contributed by atoms with van der Waals surface area (Å²) in [6.45, 7) is 8.40. The average molecular weight is 304 g/mol. The molecular formula is C15H32N2O4. The van der Waals surface area contributed by atoms with Crippen LogP contribution < -0.4 is 10.6 Å². The van der Waals surface area contributed by atoms with Crippen LogP contribution >= 0.6 is 0 Å². The van der Waals surface area contributed by atoms with Gasteiger partial charge in [0, 0.05) is 26.8 Å². The molecule has 0 aliphatic carbocycles. The van der Waals surface area contributed by atoms with Crippen LogP contribution in [0.25, 0.3) is 0 Å². The molecule has 0 radical (unpaired) electrons. The van der Waals surface area contributed by atoms with Crippen molar-refractivity contribution in [1.82, 2.24) is 10.6 Å². The summed E-state index contributed by atoms with van der Waals surface area (Å²) < 4.78 is 10.3. The fourth-order valence-corrected chi connectivity index (χ4v) is 1.71. The van der Waals surface area contributed by atoms with Gasteiger partial charge in [0.25, 0.3) is 0 Å². The van der Waals surface area contributed by atoms with Gasteiger partial charge >= 0.3 is 0 Å². The summed E-state index contributed by atoms with van der Waals surface area (Å²) in [4.78, 5) is 11.7. The van der Waals surface area contributed by atoms with Crippen LogP contribution in [-0.2, 0) is 14.3 Å². The Labute approximate surface area is 128 Å². The van der Waals surface area contributed by atoms with Crippen molar-refractivity contribution in [3.63, 3.8) is 0 Å². The molecule has 126 valence electrons. The van der Waals surface area contributed by atoms with Gasteiger partial charge in [0.15, 0.2) is 0 Å². The summed E-state index contributed by atoms with van der Waals surface area (Å²) in [5.74, 6) is 0.578. The van der Waals surface area contributed by atoms with Gasteiger partial charge in [0.1, 0.15) is 0 Å². The number of hydrogen-bond donors (Lipinski definition) is 3. The van der Waals surface area contributed by atoms with Gasteiger partial charge in [-0.2, -0.15) is 0 Å². The maximum atomic E-state index is 11.7. The molecule has 0 aromatic heterocycles. The molecule has 0 spiro atoms. The monoisotopic (exact) mass is 304 g/mol. The van der Waals surface area contributed by atoms with Crippen molar-refractivity contribution in [2.45, 2.75) is 45.8 Å². The average Bonchev–Trinajstić information content (AvgIpc) is 2.44. The number of ether oxygens (including phenoxy) is 2. The van der Waals surface area contributed by atoms with E-state index in [4.69, 9.17) is 9.47 Å². The summed E-state index contributed by atoms with van der Waals surface area (Å²) in [6, 6.07) is -0.350. The lowest BCUT2D eigenvalue weighted by molar-refractivity contribution is -0.123. The second kappa shape index (κ2) is 13.0. The number of aliphatic hydroxyl groups excluding tert-OH is 1. The molecule has 6 heteroatoms. The van der Waals surface area contributed by atoms with Gasteiger partial charge in [-0.15, -0.1) is 0 Å².